The number of aliphatic hydroxyl groups is 4. The summed E-state index contributed by atoms with van der Waals surface area (Å²) in [5.41, 5.74) is 1.78. The summed E-state index contributed by atoms with van der Waals surface area (Å²) in [5.74, 6) is -4.49. The molecule has 0 aromatic carbocycles. The van der Waals surface area contributed by atoms with E-state index in [9.17, 15) is 25.2 Å². The third-order valence-electron chi connectivity index (χ3n) is 9.50. The number of rotatable bonds is 7. The van der Waals surface area contributed by atoms with Gasteiger partial charge < -0.3 is 39.4 Å². The molecule has 1 fully saturated rings. The van der Waals surface area contributed by atoms with Crippen molar-refractivity contribution in [2.75, 3.05) is 14.2 Å². The second kappa shape index (κ2) is 16.5. The maximum absolute atomic E-state index is 13.5. The molecule has 12 atom stereocenters. The lowest BCUT2D eigenvalue weighted by atomic mass is 9.76. The van der Waals surface area contributed by atoms with Gasteiger partial charge in [0.1, 0.15) is 12.2 Å². The van der Waals surface area contributed by atoms with Gasteiger partial charge in [0, 0.05) is 37.2 Å². The standard InChI is InChI=1S/C35H58O9/c1-19(2)32-24(7)27(36)18-35(40,44-32)26(9)31(38)25(8)33-28(41-10)14-12-13-20(3)15-22(5)30(37)23(6)16-21(4)17-29(42-11)34(39)43-33/h12-14,16-17,19,22-28,30-33,36-38,40H,15,18H2,1-11H3/b14-12+,20-13+,21-16+,29-17-/t22-,23+,24+,25+,26+,27-,28+,30+,31-,32-,33-,35-/m1/s1. The van der Waals surface area contributed by atoms with Crippen LogP contribution in [0.2, 0.25) is 0 Å². The summed E-state index contributed by atoms with van der Waals surface area (Å²) in [6, 6.07) is 0. The zero-order valence-corrected chi connectivity index (χ0v) is 28.6. The van der Waals surface area contributed by atoms with Crippen molar-refractivity contribution in [3.8, 4) is 0 Å². The smallest absolute Gasteiger partial charge is 0.373 e. The van der Waals surface area contributed by atoms with Crippen LogP contribution < -0.4 is 0 Å². The molecule has 0 bridgehead atoms. The third-order valence-corrected chi connectivity index (χ3v) is 9.50. The molecule has 0 amide bonds. The molecule has 0 aromatic heterocycles. The van der Waals surface area contributed by atoms with Crippen molar-refractivity contribution < 1.29 is 44.2 Å². The number of carbonyl (C=O) groups is 1. The van der Waals surface area contributed by atoms with E-state index >= 15 is 0 Å². The Bertz CT molecular complexity index is 1060. The summed E-state index contributed by atoms with van der Waals surface area (Å²) < 4.78 is 23.4. The number of esters is 1. The largest absolute Gasteiger partial charge is 0.490 e. The molecule has 1 saturated heterocycles. The lowest BCUT2D eigenvalue weighted by Gasteiger charge is -2.49. The van der Waals surface area contributed by atoms with Crippen molar-refractivity contribution in [3.63, 3.8) is 0 Å². The van der Waals surface area contributed by atoms with Gasteiger partial charge in [-0.05, 0) is 38.2 Å². The van der Waals surface area contributed by atoms with Crippen LogP contribution in [-0.4, -0.2) is 83.0 Å². The average molecular weight is 623 g/mol. The minimum atomic E-state index is -1.80. The monoisotopic (exact) mass is 622 g/mol. The van der Waals surface area contributed by atoms with E-state index in [4.69, 9.17) is 18.9 Å². The van der Waals surface area contributed by atoms with Crippen molar-refractivity contribution in [2.24, 2.45) is 35.5 Å². The first-order valence-electron chi connectivity index (χ1n) is 15.9. The SMILES string of the molecule is CO/C1=C\C(C)=C\[C@H](C)[C@@H](O)[C@H](C)C/C(C)=C/C=C/[C@H](OC)[C@@H]([C@@H](C)[C@@H](O)[C@H](C)[C@@]2(O)C[C@@H](O)[C@H](C)[C@@H](C(C)C)O2)OC1=O. The van der Waals surface area contributed by atoms with Crippen LogP contribution in [0.3, 0.4) is 0 Å². The van der Waals surface area contributed by atoms with Gasteiger partial charge in [-0.2, -0.15) is 0 Å². The van der Waals surface area contributed by atoms with E-state index in [2.05, 4.69) is 0 Å². The normalized spacial score (nSPS) is 41.2. The second-order valence-corrected chi connectivity index (χ2v) is 13.6. The second-order valence-electron chi connectivity index (χ2n) is 13.6. The van der Waals surface area contributed by atoms with Crippen LogP contribution in [0.25, 0.3) is 0 Å². The van der Waals surface area contributed by atoms with Crippen LogP contribution in [0.4, 0.5) is 0 Å². The fourth-order valence-electron chi connectivity index (χ4n) is 6.54. The summed E-state index contributed by atoms with van der Waals surface area (Å²) >= 11 is 0. The van der Waals surface area contributed by atoms with E-state index in [1.165, 1.54) is 14.2 Å². The molecule has 0 aliphatic carbocycles. The number of carbonyl (C=O) groups excluding carboxylic acids is 1. The molecule has 0 spiro atoms. The molecule has 2 aliphatic heterocycles. The predicted octanol–water partition coefficient (Wildman–Crippen LogP) is 4.69. The summed E-state index contributed by atoms with van der Waals surface area (Å²) in [6.45, 7) is 17.0. The molecule has 9 nitrogen and oxygen atoms in total. The van der Waals surface area contributed by atoms with Gasteiger partial charge >= 0.3 is 5.97 Å². The van der Waals surface area contributed by atoms with Gasteiger partial charge in [0.15, 0.2) is 5.79 Å². The van der Waals surface area contributed by atoms with Crippen LogP contribution in [0.5, 0.6) is 0 Å². The van der Waals surface area contributed by atoms with Gasteiger partial charge in [-0.1, -0.05) is 83.9 Å². The number of hydrogen-bond donors (Lipinski definition) is 4. The zero-order valence-electron chi connectivity index (χ0n) is 28.6. The van der Waals surface area contributed by atoms with Crippen LogP contribution >= 0.6 is 0 Å². The minimum absolute atomic E-state index is 0.00492. The molecule has 0 radical (unpaired) electrons. The lowest BCUT2D eigenvalue weighted by molar-refractivity contribution is -0.328. The number of hydrogen-bond acceptors (Lipinski definition) is 9. The van der Waals surface area contributed by atoms with Gasteiger partial charge in [-0.25, -0.2) is 4.79 Å². The Kier molecular flexibility index (Phi) is 14.3. The Hall–Kier alpha value is -2.01. The van der Waals surface area contributed by atoms with Crippen molar-refractivity contribution >= 4 is 5.97 Å². The molecule has 252 valence electrons. The molecule has 2 heterocycles. The molecule has 0 aromatic rings. The van der Waals surface area contributed by atoms with Crippen molar-refractivity contribution in [3.05, 3.63) is 47.3 Å². The predicted molar refractivity (Wildman–Crippen MR) is 170 cm³/mol. The Morgan fingerprint density at radius 2 is 1.68 bits per heavy atom. The van der Waals surface area contributed by atoms with E-state index < -0.39 is 60.2 Å². The van der Waals surface area contributed by atoms with Gasteiger partial charge in [0.2, 0.25) is 5.76 Å². The van der Waals surface area contributed by atoms with Crippen molar-refractivity contribution in [2.45, 2.75) is 118 Å². The molecule has 0 saturated carbocycles. The fourth-order valence-corrected chi connectivity index (χ4v) is 6.54. The Morgan fingerprint density at radius 3 is 2.25 bits per heavy atom. The number of cyclic esters (lactones) is 1. The molecule has 2 rings (SSSR count). The zero-order chi connectivity index (χ0) is 33.5. The average Bonchev–Trinajstić information content (AvgIpc) is 2.96. The van der Waals surface area contributed by atoms with E-state index in [0.29, 0.717) is 6.42 Å². The van der Waals surface area contributed by atoms with Crippen LogP contribution in [-0.2, 0) is 23.7 Å². The Labute approximate surface area is 264 Å². The lowest BCUT2D eigenvalue weighted by Crippen LogP contribution is -2.59. The van der Waals surface area contributed by atoms with E-state index in [0.717, 1.165) is 11.1 Å². The van der Waals surface area contributed by atoms with Gasteiger partial charge in [-0.3, -0.25) is 0 Å². The van der Waals surface area contributed by atoms with E-state index in [1.54, 1.807) is 26.0 Å². The summed E-state index contributed by atoms with van der Waals surface area (Å²) in [6.07, 6.45) is 4.85. The fraction of sp³-hybridized carbons (Fsp3) is 0.743. The summed E-state index contributed by atoms with van der Waals surface area (Å²) in [7, 11) is 2.87. The van der Waals surface area contributed by atoms with Gasteiger partial charge in [0.05, 0.1) is 31.5 Å². The van der Waals surface area contributed by atoms with Crippen LogP contribution in [0.15, 0.2) is 47.3 Å². The van der Waals surface area contributed by atoms with E-state index in [1.807, 2.05) is 66.7 Å². The number of ether oxygens (including phenoxy) is 4. The highest BCUT2D eigenvalue weighted by atomic mass is 16.6. The van der Waals surface area contributed by atoms with Crippen molar-refractivity contribution in [1.29, 1.82) is 0 Å². The van der Waals surface area contributed by atoms with Gasteiger partial charge in [0.25, 0.3) is 0 Å². The molecule has 44 heavy (non-hydrogen) atoms. The molecular weight excluding hydrogens is 564 g/mol. The first kappa shape index (κ1) is 38.2. The van der Waals surface area contributed by atoms with Crippen molar-refractivity contribution in [1.82, 2.24) is 0 Å². The van der Waals surface area contributed by atoms with E-state index in [-0.39, 0.29) is 35.9 Å². The highest BCUT2D eigenvalue weighted by Gasteiger charge is 2.51. The maximum Gasteiger partial charge on any atom is 0.373 e. The van der Waals surface area contributed by atoms with Crippen LogP contribution in [0, 0.1) is 35.5 Å². The summed E-state index contributed by atoms with van der Waals surface area (Å²) in [5, 5.41) is 45.0. The number of allylic oxidation sites excluding steroid dienone is 5. The highest BCUT2D eigenvalue weighted by molar-refractivity contribution is 5.87. The number of methoxy groups -OCH3 is 2. The Morgan fingerprint density at radius 1 is 1.05 bits per heavy atom. The quantitative estimate of drug-likeness (QED) is 0.298. The molecule has 0 unspecified atom stereocenters. The van der Waals surface area contributed by atoms with Gasteiger partial charge in [-0.15, -0.1) is 0 Å². The molecule has 9 heteroatoms. The first-order chi connectivity index (χ1) is 20.5. The number of aliphatic hydroxyl groups excluding tert-OH is 3. The highest BCUT2D eigenvalue weighted by Crippen LogP contribution is 2.41. The third kappa shape index (κ3) is 9.50. The maximum atomic E-state index is 13.5. The molecular formula is C35H58O9. The minimum Gasteiger partial charge on any atom is -0.490 e. The summed E-state index contributed by atoms with van der Waals surface area (Å²) in [4.78, 5) is 13.5. The molecule has 2 aliphatic rings. The first-order valence-corrected chi connectivity index (χ1v) is 15.9. The van der Waals surface area contributed by atoms with Crippen LogP contribution in [0.1, 0.15) is 75.2 Å². The Balaban J connectivity index is 2.52. The topological polar surface area (TPSA) is 135 Å². The molecule has 4 N–H and O–H groups in total.